The van der Waals surface area contributed by atoms with Crippen molar-refractivity contribution in [3.8, 4) is 5.75 Å². The number of nitrogens with one attached hydrogen (secondary N) is 1. The van der Waals surface area contributed by atoms with Gasteiger partial charge in [0, 0.05) is 0 Å². The van der Waals surface area contributed by atoms with E-state index in [4.69, 9.17) is 9.47 Å². The van der Waals surface area contributed by atoms with Crippen LogP contribution in [0, 0.1) is 0 Å². The monoisotopic (exact) mass is 409 g/mol. The number of benzene rings is 2. The van der Waals surface area contributed by atoms with Crippen molar-refractivity contribution in [1.82, 2.24) is 5.32 Å². The lowest BCUT2D eigenvalue weighted by atomic mass is 10.1. The van der Waals surface area contributed by atoms with Crippen molar-refractivity contribution < 1.29 is 28.6 Å². The number of hydrogen-bond donors (Lipinski definition) is 1. The van der Waals surface area contributed by atoms with Crippen LogP contribution in [-0.2, 0) is 19.1 Å². The van der Waals surface area contributed by atoms with Gasteiger partial charge in [0.1, 0.15) is 5.75 Å². The fraction of sp³-hybridized carbons (Fsp3) is 0.235. The molecule has 0 saturated heterocycles. The number of esters is 1. The topological polar surface area (TPSA) is 90.9 Å². The van der Waals surface area contributed by atoms with Gasteiger partial charge in [0.25, 0.3) is 5.91 Å². The number of halogens is 1. The minimum atomic E-state index is -1.16. The Labute approximate surface area is 152 Å². The number of rotatable bonds is 5. The van der Waals surface area contributed by atoms with E-state index in [1.165, 1.54) is 6.92 Å². The fourth-order valence-electron chi connectivity index (χ4n) is 2.00. The molecule has 8 heteroatoms. The van der Waals surface area contributed by atoms with E-state index in [-0.39, 0.29) is 6.61 Å². The molecule has 0 radical (unpaired) electrons. The van der Waals surface area contributed by atoms with Gasteiger partial charge >= 0.3 is 12.1 Å². The van der Waals surface area contributed by atoms with Gasteiger partial charge in [-0.1, -0.05) is 30.3 Å². The SMILES string of the molecule is COC(=O)NC(=O)[C@@H](C)OC(=O)COc1ccc2ccccc2c1Br. The van der Waals surface area contributed by atoms with Crippen LogP contribution in [0.1, 0.15) is 6.92 Å². The summed E-state index contributed by atoms with van der Waals surface area (Å²) in [5.74, 6) is -1.05. The minimum absolute atomic E-state index is 0.382. The minimum Gasteiger partial charge on any atom is -0.481 e. The molecule has 1 N–H and O–H groups in total. The molecule has 1 atom stereocenters. The number of hydrogen-bond acceptors (Lipinski definition) is 6. The van der Waals surface area contributed by atoms with E-state index in [2.05, 4.69) is 20.7 Å². The van der Waals surface area contributed by atoms with E-state index in [1.54, 1.807) is 6.07 Å². The van der Waals surface area contributed by atoms with Crippen LogP contribution in [-0.4, -0.2) is 37.8 Å². The Kier molecular flexibility index (Phi) is 6.35. The van der Waals surface area contributed by atoms with Crippen molar-refractivity contribution in [2.75, 3.05) is 13.7 Å². The van der Waals surface area contributed by atoms with Gasteiger partial charge in [-0.25, -0.2) is 9.59 Å². The van der Waals surface area contributed by atoms with Gasteiger partial charge in [-0.2, -0.15) is 0 Å². The highest BCUT2D eigenvalue weighted by atomic mass is 79.9. The second-order valence-corrected chi connectivity index (χ2v) is 5.79. The van der Waals surface area contributed by atoms with Gasteiger partial charge in [-0.05, 0) is 39.7 Å². The maximum Gasteiger partial charge on any atom is 0.413 e. The molecule has 0 aliphatic carbocycles. The molecular formula is C17H16BrNO6. The highest BCUT2D eigenvalue weighted by molar-refractivity contribution is 9.10. The van der Waals surface area contributed by atoms with Gasteiger partial charge in [0.05, 0.1) is 11.6 Å². The zero-order chi connectivity index (χ0) is 18.4. The van der Waals surface area contributed by atoms with Crippen molar-refractivity contribution in [2.45, 2.75) is 13.0 Å². The summed E-state index contributed by atoms with van der Waals surface area (Å²) in [4.78, 5) is 34.3. The van der Waals surface area contributed by atoms with Crippen LogP contribution in [0.4, 0.5) is 4.79 Å². The summed E-state index contributed by atoms with van der Waals surface area (Å²) in [7, 11) is 1.12. The van der Waals surface area contributed by atoms with Crippen LogP contribution in [0.15, 0.2) is 40.9 Å². The zero-order valence-corrected chi connectivity index (χ0v) is 15.2. The second kappa shape index (κ2) is 8.48. The van der Waals surface area contributed by atoms with E-state index in [1.807, 2.05) is 35.6 Å². The number of amides is 2. The van der Waals surface area contributed by atoms with Gasteiger partial charge < -0.3 is 14.2 Å². The van der Waals surface area contributed by atoms with Gasteiger partial charge in [-0.3, -0.25) is 10.1 Å². The Balaban J connectivity index is 1.93. The van der Waals surface area contributed by atoms with Crippen molar-refractivity contribution in [3.63, 3.8) is 0 Å². The third-order valence-corrected chi connectivity index (χ3v) is 4.08. The average molecular weight is 410 g/mol. The number of imide groups is 1. The molecule has 0 bridgehead atoms. The first-order valence-electron chi connectivity index (χ1n) is 7.30. The highest BCUT2D eigenvalue weighted by Crippen LogP contribution is 2.32. The predicted molar refractivity (Wildman–Crippen MR) is 93.2 cm³/mol. The van der Waals surface area contributed by atoms with Crippen LogP contribution in [0.25, 0.3) is 10.8 Å². The van der Waals surface area contributed by atoms with Crippen LogP contribution in [0.3, 0.4) is 0 Å². The molecular weight excluding hydrogens is 394 g/mol. The maximum absolute atomic E-state index is 11.8. The summed E-state index contributed by atoms with van der Waals surface area (Å²) in [5.41, 5.74) is 0. The molecule has 0 spiro atoms. The largest absolute Gasteiger partial charge is 0.481 e. The summed E-state index contributed by atoms with van der Waals surface area (Å²) >= 11 is 3.45. The molecule has 0 aliphatic heterocycles. The molecule has 2 amide bonds. The lowest BCUT2D eigenvalue weighted by Gasteiger charge is -2.13. The molecule has 0 fully saturated rings. The fourth-order valence-corrected chi connectivity index (χ4v) is 2.61. The summed E-state index contributed by atoms with van der Waals surface area (Å²) in [5, 5.41) is 3.88. The molecule has 0 saturated carbocycles. The summed E-state index contributed by atoms with van der Waals surface area (Å²) in [6.45, 7) is 0.953. The highest BCUT2D eigenvalue weighted by Gasteiger charge is 2.20. The first kappa shape index (κ1) is 18.7. The molecule has 7 nitrogen and oxygen atoms in total. The summed E-state index contributed by atoms with van der Waals surface area (Å²) < 4.78 is 15.4. The van der Waals surface area contributed by atoms with E-state index < -0.39 is 24.1 Å². The van der Waals surface area contributed by atoms with Crippen molar-refractivity contribution in [3.05, 3.63) is 40.9 Å². The normalized spacial score (nSPS) is 11.5. The number of carbonyl (C=O) groups is 3. The number of methoxy groups -OCH3 is 1. The molecule has 2 rings (SSSR count). The Bertz CT molecular complexity index is 807. The number of ether oxygens (including phenoxy) is 3. The summed E-state index contributed by atoms with van der Waals surface area (Å²) in [6, 6.07) is 11.3. The maximum atomic E-state index is 11.8. The van der Waals surface area contributed by atoms with Gasteiger partial charge in [0.2, 0.25) is 0 Å². The van der Waals surface area contributed by atoms with Crippen LogP contribution >= 0.6 is 15.9 Å². The summed E-state index contributed by atoms with van der Waals surface area (Å²) in [6.07, 6.45) is -2.08. The number of alkyl carbamates (subject to hydrolysis) is 1. The Morgan fingerprint density at radius 2 is 1.88 bits per heavy atom. The third-order valence-electron chi connectivity index (χ3n) is 3.26. The Morgan fingerprint density at radius 3 is 2.60 bits per heavy atom. The number of carbonyl (C=O) groups excluding carboxylic acids is 3. The van der Waals surface area contributed by atoms with E-state index in [9.17, 15) is 14.4 Å². The first-order chi connectivity index (χ1) is 11.9. The van der Waals surface area contributed by atoms with Crippen LogP contribution < -0.4 is 10.1 Å². The lowest BCUT2D eigenvalue weighted by Crippen LogP contribution is -2.40. The molecule has 0 heterocycles. The molecule has 132 valence electrons. The molecule has 2 aromatic rings. The van der Waals surface area contributed by atoms with Gasteiger partial charge in [-0.15, -0.1) is 0 Å². The average Bonchev–Trinajstić information content (AvgIpc) is 2.61. The third kappa shape index (κ3) is 4.93. The molecule has 0 aliphatic rings. The molecule has 0 unspecified atom stereocenters. The van der Waals surface area contributed by atoms with Crippen LogP contribution in [0.2, 0.25) is 0 Å². The molecule has 25 heavy (non-hydrogen) atoms. The Morgan fingerprint density at radius 1 is 1.16 bits per heavy atom. The quantitative estimate of drug-likeness (QED) is 0.763. The van der Waals surface area contributed by atoms with Crippen molar-refractivity contribution in [2.24, 2.45) is 0 Å². The van der Waals surface area contributed by atoms with Crippen molar-refractivity contribution in [1.29, 1.82) is 0 Å². The van der Waals surface area contributed by atoms with E-state index in [0.29, 0.717) is 5.75 Å². The van der Waals surface area contributed by atoms with E-state index >= 15 is 0 Å². The predicted octanol–water partition coefficient (Wildman–Crippen LogP) is 2.80. The standard InChI is InChI=1S/C17H16BrNO6/c1-10(16(21)19-17(22)23-2)25-14(20)9-24-13-8-7-11-5-3-4-6-12(11)15(13)18/h3-8,10H,9H2,1-2H3,(H,19,21,22)/t10-/m1/s1. The van der Waals surface area contributed by atoms with Crippen LogP contribution in [0.5, 0.6) is 5.75 Å². The molecule has 0 aromatic heterocycles. The van der Waals surface area contributed by atoms with E-state index in [0.717, 1.165) is 22.4 Å². The number of fused-ring (bicyclic) bond motifs is 1. The molecule has 2 aromatic carbocycles. The first-order valence-corrected chi connectivity index (χ1v) is 8.10. The lowest BCUT2D eigenvalue weighted by molar-refractivity contribution is -0.156. The smallest absolute Gasteiger partial charge is 0.413 e. The van der Waals surface area contributed by atoms with Crippen molar-refractivity contribution >= 4 is 44.7 Å². The zero-order valence-electron chi connectivity index (χ0n) is 13.6. The Hall–Kier alpha value is -2.61. The second-order valence-electron chi connectivity index (χ2n) is 5.00. The van der Waals surface area contributed by atoms with Gasteiger partial charge in [0.15, 0.2) is 12.7 Å².